The van der Waals surface area contributed by atoms with Crippen LogP contribution in [0.25, 0.3) is 0 Å². The van der Waals surface area contributed by atoms with Crippen LogP contribution in [0.3, 0.4) is 0 Å². The van der Waals surface area contributed by atoms with Crippen molar-refractivity contribution in [2.45, 2.75) is 44.9 Å². The lowest BCUT2D eigenvalue weighted by Gasteiger charge is -2.45. The maximum Gasteiger partial charge on any atom is 0.152 e. The minimum absolute atomic E-state index is 0. The normalized spacial score (nSPS) is 18.8. The third-order valence-corrected chi connectivity index (χ3v) is 6.94. The molecular formula is C23H27Cl3N2O. The van der Waals surface area contributed by atoms with Gasteiger partial charge in [-0.2, -0.15) is 0 Å². The van der Waals surface area contributed by atoms with Crippen LogP contribution in [0, 0.1) is 5.41 Å². The van der Waals surface area contributed by atoms with Crippen molar-refractivity contribution in [2.75, 3.05) is 18.0 Å². The monoisotopic (exact) mass is 452 g/mol. The van der Waals surface area contributed by atoms with Crippen LogP contribution in [0.1, 0.15) is 50.5 Å². The quantitative estimate of drug-likeness (QED) is 0.491. The summed E-state index contributed by atoms with van der Waals surface area (Å²) < 4.78 is 0. The molecule has 2 aromatic carbocycles. The zero-order valence-electron chi connectivity index (χ0n) is 16.4. The highest BCUT2D eigenvalue weighted by molar-refractivity contribution is 6.37. The van der Waals surface area contributed by atoms with E-state index in [-0.39, 0.29) is 28.2 Å². The molecule has 29 heavy (non-hydrogen) atoms. The van der Waals surface area contributed by atoms with Crippen molar-refractivity contribution < 1.29 is 5.11 Å². The number of phenols is 1. The van der Waals surface area contributed by atoms with Gasteiger partial charge in [-0.1, -0.05) is 54.6 Å². The Bertz CT molecular complexity index is 828. The summed E-state index contributed by atoms with van der Waals surface area (Å²) in [5.41, 5.74) is 3.56. The molecule has 1 saturated heterocycles. The topological polar surface area (TPSA) is 35.8 Å². The SMILES string of the molecule is Cl.Oc1c(Cl)cc(N=Cc2ccc(N3CCC4(CCCCC4)CC3)cc2)cc1Cl. The van der Waals surface area contributed by atoms with Crippen molar-refractivity contribution in [3.63, 3.8) is 0 Å². The lowest BCUT2D eigenvalue weighted by Crippen LogP contribution is -2.41. The van der Waals surface area contributed by atoms with Gasteiger partial charge in [-0.05, 0) is 60.9 Å². The molecule has 4 rings (SSSR count). The molecule has 0 aromatic heterocycles. The van der Waals surface area contributed by atoms with E-state index in [0.29, 0.717) is 11.1 Å². The smallest absolute Gasteiger partial charge is 0.152 e. The van der Waals surface area contributed by atoms with E-state index in [1.165, 1.54) is 50.6 Å². The Kier molecular flexibility index (Phi) is 7.37. The third kappa shape index (κ3) is 5.20. The zero-order chi connectivity index (χ0) is 19.6. The fraction of sp³-hybridized carbons (Fsp3) is 0.435. The molecule has 6 heteroatoms. The number of phenolic OH excluding ortho intramolecular Hbond substituents is 1. The second-order valence-corrected chi connectivity index (χ2v) is 8.97. The fourth-order valence-electron chi connectivity index (χ4n) is 4.59. The second-order valence-electron chi connectivity index (χ2n) is 8.16. The summed E-state index contributed by atoms with van der Waals surface area (Å²) in [6.45, 7) is 2.33. The van der Waals surface area contributed by atoms with E-state index in [2.05, 4.69) is 34.2 Å². The molecule has 0 bridgehead atoms. The van der Waals surface area contributed by atoms with E-state index in [0.717, 1.165) is 18.7 Å². The predicted molar refractivity (Wildman–Crippen MR) is 126 cm³/mol. The van der Waals surface area contributed by atoms with Gasteiger partial charge in [0, 0.05) is 25.0 Å². The highest BCUT2D eigenvalue weighted by Gasteiger charge is 2.35. The molecule has 2 aromatic rings. The summed E-state index contributed by atoms with van der Waals surface area (Å²) >= 11 is 11.9. The number of halogens is 3. The molecule has 0 amide bonds. The van der Waals surface area contributed by atoms with E-state index in [4.69, 9.17) is 23.2 Å². The summed E-state index contributed by atoms with van der Waals surface area (Å²) in [6.07, 6.45) is 11.6. The molecule has 1 aliphatic heterocycles. The van der Waals surface area contributed by atoms with Crippen molar-refractivity contribution in [1.29, 1.82) is 0 Å². The summed E-state index contributed by atoms with van der Waals surface area (Å²) in [5, 5.41) is 10.0. The van der Waals surface area contributed by atoms with Crippen LogP contribution < -0.4 is 4.90 Å². The highest BCUT2D eigenvalue weighted by atomic mass is 35.5. The highest BCUT2D eigenvalue weighted by Crippen LogP contribution is 2.45. The average molecular weight is 454 g/mol. The van der Waals surface area contributed by atoms with Crippen LogP contribution in [0.2, 0.25) is 10.0 Å². The molecule has 1 aliphatic carbocycles. The zero-order valence-corrected chi connectivity index (χ0v) is 18.7. The largest absolute Gasteiger partial charge is 0.505 e. The first-order valence-electron chi connectivity index (χ1n) is 10.1. The Morgan fingerprint density at radius 1 is 0.897 bits per heavy atom. The molecule has 2 aliphatic rings. The standard InChI is InChI=1S/C23H26Cl2N2O.ClH/c24-20-14-18(15-21(25)22(20)28)26-16-17-4-6-19(7-5-17)27-12-10-23(11-13-27)8-2-1-3-9-23;/h4-7,14-16,28H,1-3,8-13H2;1H. The number of hydrogen-bond acceptors (Lipinski definition) is 3. The van der Waals surface area contributed by atoms with Crippen molar-refractivity contribution in [3.8, 4) is 5.75 Å². The molecule has 156 valence electrons. The predicted octanol–water partition coefficient (Wildman–Crippen LogP) is 7.42. The lowest BCUT2D eigenvalue weighted by atomic mass is 9.68. The number of benzene rings is 2. The molecule has 2 fully saturated rings. The molecule has 0 unspecified atom stereocenters. The van der Waals surface area contributed by atoms with Gasteiger partial charge in [0.15, 0.2) is 5.75 Å². The van der Waals surface area contributed by atoms with Crippen LogP contribution in [-0.4, -0.2) is 24.4 Å². The van der Waals surface area contributed by atoms with Gasteiger partial charge in [0.25, 0.3) is 0 Å². The third-order valence-electron chi connectivity index (χ3n) is 6.36. The number of aromatic hydroxyl groups is 1. The van der Waals surface area contributed by atoms with Crippen LogP contribution >= 0.6 is 35.6 Å². The molecule has 1 saturated carbocycles. The van der Waals surface area contributed by atoms with Crippen LogP contribution in [0.4, 0.5) is 11.4 Å². The Morgan fingerprint density at radius 3 is 2.07 bits per heavy atom. The maximum absolute atomic E-state index is 9.63. The maximum atomic E-state index is 9.63. The Hall–Kier alpha value is -1.42. The Morgan fingerprint density at radius 2 is 1.48 bits per heavy atom. The number of anilines is 1. The van der Waals surface area contributed by atoms with Gasteiger partial charge < -0.3 is 10.0 Å². The first-order valence-corrected chi connectivity index (χ1v) is 10.9. The number of piperidine rings is 1. The van der Waals surface area contributed by atoms with Crippen molar-refractivity contribution in [3.05, 3.63) is 52.0 Å². The van der Waals surface area contributed by atoms with Gasteiger partial charge >= 0.3 is 0 Å². The van der Waals surface area contributed by atoms with E-state index in [9.17, 15) is 5.11 Å². The first kappa shape index (κ1) is 22.3. The van der Waals surface area contributed by atoms with Crippen molar-refractivity contribution in [2.24, 2.45) is 10.4 Å². The van der Waals surface area contributed by atoms with Crippen LogP contribution in [0.15, 0.2) is 41.4 Å². The molecule has 3 nitrogen and oxygen atoms in total. The molecule has 1 heterocycles. The van der Waals surface area contributed by atoms with Gasteiger partial charge in [0.2, 0.25) is 0 Å². The van der Waals surface area contributed by atoms with E-state index in [1.54, 1.807) is 18.3 Å². The van der Waals surface area contributed by atoms with E-state index >= 15 is 0 Å². The molecule has 0 radical (unpaired) electrons. The van der Waals surface area contributed by atoms with Crippen LogP contribution in [-0.2, 0) is 0 Å². The number of aliphatic imine (C=N–C) groups is 1. The minimum atomic E-state index is -0.108. The molecular weight excluding hydrogens is 427 g/mol. The van der Waals surface area contributed by atoms with Crippen molar-refractivity contribution >= 4 is 53.2 Å². The van der Waals surface area contributed by atoms with Gasteiger partial charge in [0.1, 0.15) is 0 Å². The minimum Gasteiger partial charge on any atom is -0.505 e. The lowest BCUT2D eigenvalue weighted by molar-refractivity contribution is 0.144. The average Bonchev–Trinajstić information content (AvgIpc) is 2.72. The number of rotatable bonds is 3. The number of hydrogen-bond donors (Lipinski definition) is 1. The molecule has 1 N–H and O–H groups in total. The van der Waals surface area contributed by atoms with Crippen LogP contribution in [0.5, 0.6) is 5.75 Å². The van der Waals surface area contributed by atoms with Gasteiger partial charge in [0.05, 0.1) is 15.7 Å². The Labute approximate surface area is 189 Å². The second kappa shape index (κ2) is 9.59. The molecule has 1 spiro atoms. The first-order chi connectivity index (χ1) is 13.5. The van der Waals surface area contributed by atoms with Gasteiger partial charge in [-0.15, -0.1) is 12.4 Å². The summed E-state index contributed by atoms with van der Waals surface area (Å²) in [4.78, 5) is 6.93. The fourth-order valence-corrected chi connectivity index (χ4v) is 5.06. The van der Waals surface area contributed by atoms with E-state index in [1.807, 2.05) is 0 Å². The van der Waals surface area contributed by atoms with Crippen molar-refractivity contribution in [1.82, 2.24) is 0 Å². The Balaban J connectivity index is 0.00000240. The summed E-state index contributed by atoms with van der Waals surface area (Å²) in [6, 6.07) is 11.7. The summed E-state index contributed by atoms with van der Waals surface area (Å²) in [5.74, 6) is -0.108. The van der Waals surface area contributed by atoms with Gasteiger partial charge in [-0.25, -0.2) is 0 Å². The number of nitrogens with zero attached hydrogens (tertiary/aromatic N) is 2. The van der Waals surface area contributed by atoms with E-state index < -0.39 is 0 Å². The molecule has 0 atom stereocenters. The summed E-state index contributed by atoms with van der Waals surface area (Å²) in [7, 11) is 0. The van der Waals surface area contributed by atoms with Gasteiger partial charge in [-0.3, -0.25) is 4.99 Å².